The predicted molar refractivity (Wildman–Crippen MR) is 104 cm³/mol. The van der Waals surface area contributed by atoms with Crippen molar-refractivity contribution in [3.63, 3.8) is 0 Å². The van der Waals surface area contributed by atoms with E-state index in [0.29, 0.717) is 12.7 Å². The van der Waals surface area contributed by atoms with Gasteiger partial charge < -0.3 is 31.8 Å². The number of nitrogens with two attached hydrogens (primary N) is 1. The number of carbonyl (C=O) groups excluding carboxylic acids is 5. The Morgan fingerprint density at radius 2 is 1.11 bits per heavy atom. The maximum absolute atomic E-state index is 12.2. The summed E-state index contributed by atoms with van der Waals surface area (Å²) >= 11 is 0. The number of aldehydes is 1. The van der Waals surface area contributed by atoms with E-state index in [2.05, 4.69) is 21.3 Å². The van der Waals surface area contributed by atoms with Gasteiger partial charge in [-0.15, -0.1) is 0 Å². The Kier molecular flexibility index (Phi) is 11.0. The first-order valence-electron chi connectivity index (χ1n) is 9.36. The summed E-state index contributed by atoms with van der Waals surface area (Å²) in [5.41, 5.74) is 5.42. The van der Waals surface area contributed by atoms with Gasteiger partial charge in [0.05, 0.1) is 12.1 Å². The van der Waals surface area contributed by atoms with Crippen LogP contribution in [0.4, 0.5) is 0 Å². The molecule has 160 valence electrons. The van der Waals surface area contributed by atoms with E-state index in [9.17, 15) is 24.0 Å². The summed E-state index contributed by atoms with van der Waals surface area (Å²) < 4.78 is 0. The lowest BCUT2D eigenvalue weighted by molar-refractivity contribution is -0.133. The topological polar surface area (TPSA) is 159 Å². The molecule has 0 spiro atoms. The fourth-order valence-corrected chi connectivity index (χ4v) is 2.07. The van der Waals surface area contributed by atoms with Crippen LogP contribution in [0.5, 0.6) is 0 Å². The van der Waals surface area contributed by atoms with Crippen molar-refractivity contribution < 1.29 is 24.0 Å². The molecule has 4 amide bonds. The maximum atomic E-state index is 12.2. The van der Waals surface area contributed by atoms with Crippen molar-refractivity contribution in [1.82, 2.24) is 21.3 Å². The minimum Gasteiger partial charge on any atom is -0.345 e. The lowest BCUT2D eigenvalue weighted by atomic mass is 10.0. The normalized spacial score (nSPS) is 17.1. The van der Waals surface area contributed by atoms with E-state index >= 15 is 0 Å². The Morgan fingerprint density at radius 1 is 0.750 bits per heavy atom. The van der Waals surface area contributed by atoms with Crippen LogP contribution in [-0.2, 0) is 24.0 Å². The van der Waals surface area contributed by atoms with Crippen molar-refractivity contribution in [2.75, 3.05) is 0 Å². The SMILES string of the molecule is CC[C@H](C)[C@@H](C=O)NC(=O)[C@H](C)NC(=O)[C@H](C)NC(=O)[C@H](C)NC(=O)[C@H](C)N. The van der Waals surface area contributed by atoms with Crippen LogP contribution in [0.25, 0.3) is 0 Å². The van der Waals surface area contributed by atoms with Gasteiger partial charge in [0, 0.05) is 0 Å². The molecule has 0 unspecified atom stereocenters. The van der Waals surface area contributed by atoms with Crippen LogP contribution in [0.15, 0.2) is 0 Å². The number of nitrogens with one attached hydrogen (secondary N) is 4. The van der Waals surface area contributed by atoms with Gasteiger partial charge in [-0.25, -0.2) is 0 Å². The Bertz CT molecular complexity index is 581. The Labute approximate surface area is 165 Å². The summed E-state index contributed by atoms with van der Waals surface area (Å²) in [6.45, 7) is 9.62. The van der Waals surface area contributed by atoms with Gasteiger partial charge in [0.1, 0.15) is 24.4 Å². The average molecular weight is 399 g/mol. The molecule has 0 radical (unpaired) electrons. The summed E-state index contributed by atoms with van der Waals surface area (Å²) in [5, 5.41) is 9.94. The van der Waals surface area contributed by atoms with E-state index < -0.39 is 53.8 Å². The van der Waals surface area contributed by atoms with Gasteiger partial charge in [0.25, 0.3) is 0 Å². The van der Waals surface area contributed by atoms with E-state index in [1.54, 1.807) is 0 Å². The minimum absolute atomic E-state index is 0.0319. The number of amides is 4. The highest BCUT2D eigenvalue weighted by atomic mass is 16.2. The highest BCUT2D eigenvalue weighted by Gasteiger charge is 2.26. The van der Waals surface area contributed by atoms with Gasteiger partial charge >= 0.3 is 0 Å². The largest absolute Gasteiger partial charge is 0.345 e. The molecular formula is C18H33N5O5. The zero-order valence-corrected chi connectivity index (χ0v) is 17.4. The Hall–Kier alpha value is -2.49. The lowest BCUT2D eigenvalue weighted by Crippen LogP contribution is -2.56. The molecule has 6 atom stereocenters. The smallest absolute Gasteiger partial charge is 0.242 e. The first-order valence-corrected chi connectivity index (χ1v) is 9.36. The summed E-state index contributed by atoms with van der Waals surface area (Å²) in [4.78, 5) is 59.1. The summed E-state index contributed by atoms with van der Waals surface area (Å²) in [5.74, 6) is -2.16. The highest BCUT2D eigenvalue weighted by molar-refractivity contribution is 5.94. The van der Waals surface area contributed by atoms with Crippen molar-refractivity contribution in [3.8, 4) is 0 Å². The number of hydrogen-bond acceptors (Lipinski definition) is 6. The molecule has 0 aromatic heterocycles. The molecule has 10 heteroatoms. The fourth-order valence-electron chi connectivity index (χ4n) is 2.07. The van der Waals surface area contributed by atoms with E-state index in [1.165, 1.54) is 27.7 Å². The standard InChI is InChI=1S/C18H33N5O5/c1-7-9(2)14(8-24)23-18(28)13(6)22-17(27)12(5)21-16(26)11(4)20-15(25)10(3)19/h8-14H,7,19H2,1-6H3,(H,20,25)(H,21,26)(H,22,27)(H,23,28)/t9-,10-,11-,12-,13-,14+/m0/s1. The van der Waals surface area contributed by atoms with Crippen molar-refractivity contribution in [1.29, 1.82) is 0 Å². The first kappa shape index (κ1) is 25.5. The van der Waals surface area contributed by atoms with Gasteiger partial charge in [-0.05, 0) is 33.6 Å². The van der Waals surface area contributed by atoms with Crippen LogP contribution in [-0.4, -0.2) is 60.1 Å². The Balaban J connectivity index is 4.63. The molecule has 0 aliphatic carbocycles. The predicted octanol–water partition coefficient (Wildman–Crippen LogP) is -1.42. The number of hydrogen-bond donors (Lipinski definition) is 5. The van der Waals surface area contributed by atoms with Gasteiger partial charge in [0.2, 0.25) is 23.6 Å². The third-order valence-electron chi connectivity index (χ3n) is 4.38. The molecule has 0 aliphatic heterocycles. The van der Waals surface area contributed by atoms with Crippen molar-refractivity contribution in [2.45, 2.75) is 78.2 Å². The van der Waals surface area contributed by atoms with Crippen molar-refractivity contribution >= 4 is 29.9 Å². The zero-order valence-electron chi connectivity index (χ0n) is 17.4. The van der Waals surface area contributed by atoms with Crippen molar-refractivity contribution in [3.05, 3.63) is 0 Å². The highest BCUT2D eigenvalue weighted by Crippen LogP contribution is 2.05. The molecule has 0 fully saturated rings. The van der Waals surface area contributed by atoms with Crippen LogP contribution in [0.3, 0.4) is 0 Å². The van der Waals surface area contributed by atoms with Crippen LogP contribution in [0, 0.1) is 5.92 Å². The second-order valence-electron chi connectivity index (χ2n) is 7.04. The number of rotatable bonds is 11. The molecule has 0 heterocycles. The molecule has 0 aliphatic rings. The minimum atomic E-state index is -0.936. The van der Waals surface area contributed by atoms with Gasteiger partial charge in [-0.1, -0.05) is 20.3 Å². The quantitative estimate of drug-likeness (QED) is 0.268. The second kappa shape index (κ2) is 12.1. The third kappa shape index (κ3) is 8.47. The molecule has 10 nitrogen and oxygen atoms in total. The number of carbonyl (C=O) groups is 5. The molecule has 0 bridgehead atoms. The molecule has 0 aromatic carbocycles. The molecular weight excluding hydrogens is 366 g/mol. The van der Waals surface area contributed by atoms with E-state index in [-0.39, 0.29) is 5.92 Å². The fraction of sp³-hybridized carbons (Fsp3) is 0.722. The van der Waals surface area contributed by atoms with Gasteiger partial charge in [0.15, 0.2) is 0 Å². The summed E-state index contributed by atoms with van der Waals surface area (Å²) in [6.07, 6.45) is 1.38. The maximum Gasteiger partial charge on any atom is 0.242 e. The van der Waals surface area contributed by atoms with Crippen LogP contribution in [0.2, 0.25) is 0 Å². The lowest BCUT2D eigenvalue weighted by Gasteiger charge is -2.23. The molecule has 6 N–H and O–H groups in total. The Morgan fingerprint density at radius 3 is 1.43 bits per heavy atom. The van der Waals surface area contributed by atoms with Crippen LogP contribution >= 0.6 is 0 Å². The monoisotopic (exact) mass is 399 g/mol. The third-order valence-corrected chi connectivity index (χ3v) is 4.38. The molecule has 0 saturated heterocycles. The molecule has 0 rings (SSSR count). The van der Waals surface area contributed by atoms with Crippen molar-refractivity contribution in [2.24, 2.45) is 11.7 Å². The molecule has 0 aromatic rings. The van der Waals surface area contributed by atoms with Crippen LogP contribution < -0.4 is 27.0 Å². The van der Waals surface area contributed by atoms with Gasteiger partial charge in [-0.3, -0.25) is 19.2 Å². The van der Waals surface area contributed by atoms with Gasteiger partial charge in [-0.2, -0.15) is 0 Å². The van der Waals surface area contributed by atoms with E-state index in [4.69, 9.17) is 5.73 Å². The second-order valence-corrected chi connectivity index (χ2v) is 7.04. The first-order chi connectivity index (χ1) is 12.9. The molecule has 0 saturated carbocycles. The summed E-state index contributed by atoms with van der Waals surface area (Å²) in [6, 6.07) is -4.11. The van der Waals surface area contributed by atoms with E-state index in [0.717, 1.165) is 0 Å². The van der Waals surface area contributed by atoms with Crippen LogP contribution in [0.1, 0.15) is 48.0 Å². The zero-order chi connectivity index (χ0) is 22.0. The van der Waals surface area contributed by atoms with E-state index in [1.807, 2.05) is 13.8 Å². The average Bonchev–Trinajstić information content (AvgIpc) is 2.64. The summed E-state index contributed by atoms with van der Waals surface area (Å²) in [7, 11) is 0. The molecule has 28 heavy (non-hydrogen) atoms.